The lowest BCUT2D eigenvalue weighted by molar-refractivity contribution is -0.112. The summed E-state index contributed by atoms with van der Waals surface area (Å²) >= 11 is 0. The van der Waals surface area contributed by atoms with E-state index in [4.69, 9.17) is 9.47 Å². The fourth-order valence-corrected chi connectivity index (χ4v) is 3.76. The SMILES string of the molecule is Cc1[nH]c2ccccc2c1C(=O)C(=O)Nc1cnn(CC2COc3ccccc3O2)c1. The van der Waals surface area contributed by atoms with Gasteiger partial charge in [0, 0.05) is 22.8 Å². The van der Waals surface area contributed by atoms with Crippen molar-refractivity contribution in [2.45, 2.75) is 19.6 Å². The molecule has 156 valence electrons. The molecule has 1 amide bonds. The number of ketones is 1. The first-order valence-corrected chi connectivity index (χ1v) is 9.92. The van der Waals surface area contributed by atoms with Crippen molar-refractivity contribution in [3.63, 3.8) is 0 Å². The van der Waals surface area contributed by atoms with E-state index in [1.165, 1.54) is 6.20 Å². The van der Waals surface area contributed by atoms with E-state index in [0.29, 0.717) is 35.8 Å². The highest BCUT2D eigenvalue weighted by Crippen LogP contribution is 2.31. The average Bonchev–Trinajstić information content (AvgIpc) is 3.35. The Labute approximate surface area is 177 Å². The summed E-state index contributed by atoms with van der Waals surface area (Å²) < 4.78 is 13.3. The molecule has 2 aromatic carbocycles. The van der Waals surface area contributed by atoms with Crippen LogP contribution in [-0.2, 0) is 11.3 Å². The molecule has 1 atom stereocenters. The van der Waals surface area contributed by atoms with Gasteiger partial charge in [0.25, 0.3) is 11.7 Å². The number of carbonyl (C=O) groups is 2. The van der Waals surface area contributed by atoms with E-state index in [-0.39, 0.29) is 6.10 Å². The lowest BCUT2D eigenvalue weighted by atomic mass is 10.1. The highest BCUT2D eigenvalue weighted by Gasteiger charge is 2.24. The monoisotopic (exact) mass is 416 g/mol. The summed E-state index contributed by atoms with van der Waals surface area (Å²) in [6.45, 7) is 2.62. The number of nitrogens with one attached hydrogen (secondary N) is 2. The van der Waals surface area contributed by atoms with E-state index in [1.54, 1.807) is 17.8 Å². The van der Waals surface area contributed by atoms with Gasteiger partial charge in [-0.25, -0.2) is 0 Å². The second-order valence-electron chi connectivity index (χ2n) is 7.40. The van der Waals surface area contributed by atoms with Crippen LogP contribution in [-0.4, -0.2) is 39.2 Å². The van der Waals surface area contributed by atoms with E-state index >= 15 is 0 Å². The van der Waals surface area contributed by atoms with Crippen LogP contribution in [0.25, 0.3) is 10.9 Å². The van der Waals surface area contributed by atoms with Crippen molar-refractivity contribution in [2.75, 3.05) is 11.9 Å². The summed E-state index contributed by atoms with van der Waals surface area (Å²) in [5.41, 5.74) is 2.30. The summed E-state index contributed by atoms with van der Waals surface area (Å²) in [7, 11) is 0. The number of aromatic amines is 1. The van der Waals surface area contributed by atoms with Crippen molar-refractivity contribution in [1.82, 2.24) is 14.8 Å². The molecule has 0 spiro atoms. The topological polar surface area (TPSA) is 98.2 Å². The first kappa shape index (κ1) is 18.9. The van der Waals surface area contributed by atoms with Crippen molar-refractivity contribution in [3.05, 3.63) is 72.2 Å². The number of para-hydroxylation sites is 3. The summed E-state index contributed by atoms with van der Waals surface area (Å²) in [5.74, 6) is 0.110. The van der Waals surface area contributed by atoms with Gasteiger partial charge in [0.1, 0.15) is 6.61 Å². The van der Waals surface area contributed by atoms with E-state index in [1.807, 2.05) is 48.5 Å². The van der Waals surface area contributed by atoms with Crippen molar-refractivity contribution >= 4 is 28.3 Å². The second-order valence-corrected chi connectivity index (χ2v) is 7.40. The number of aromatic nitrogens is 3. The van der Waals surface area contributed by atoms with Crippen molar-refractivity contribution in [2.24, 2.45) is 0 Å². The maximum atomic E-state index is 12.8. The molecular formula is C23H20N4O4. The lowest BCUT2D eigenvalue weighted by Crippen LogP contribution is -2.33. The molecule has 8 heteroatoms. The fourth-order valence-electron chi connectivity index (χ4n) is 3.76. The van der Waals surface area contributed by atoms with Crippen LogP contribution in [0.1, 0.15) is 16.1 Å². The predicted octanol–water partition coefficient (Wildman–Crippen LogP) is 3.33. The molecule has 8 nitrogen and oxygen atoms in total. The van der Waals surface area contributed by atoms with Gasteiger partial charge in [-0.1, -0.05) is 30.3 Å². The minimum atomic E-state index is -0.710. The lowest BCUT2D eigenvalue weighted by Gasteiger charge is -2.26. The Morgan fingerprint density at radius 1 is 1.16 bits per heavy atom. The Morgan fingerprint density at radius 2 is 1.94 bits per heavy atom. The van der Waals surface area contributed by atoms with Crippen LogP contribution in [0, 0.1) is 6.92 Å². The summed E-state index contributed by atoms with van der Waals surface area (Å²) in [6, 6.07) is 14.9. The number of benzene rings is 2. The van der Waals surface area contributed by atoms with Gasteiger partial charge < -0.3 is 19.8 Å². The van der Waals surface area contributed by atoms with Gasteiger partial charge in [-0.05, 0) is 25.1 Å². The minimum absolute atomic E-state index is 0.214. The maximum absolute atomic E-state index is 12.8. The third kappa shape index (κ3) is 3.63. The van der Waals surface area contributed by atoms with Gasteiger partial charge in [-0.3, -0.25) is 14.3 Å². The van der Waals surface area contributed by atoms with Crippen LogP contribution in [0.4, 0.5) is 5.69 Å². The smallest absolute Gasteiger partial charge is 0.296 e. The van der Waals surface area contributed by atoms with Gasteiger partial charge in [0.15, 0.2) is 17.6 Å². The number of ether oxygens (including phenoxy) is 2. The number of fused-ring (bicyclic) bond motifs is 2. The van der Waals surface area contributed by atoms with Gasteiger partial charge in [-0.2, -0.15) is 5.10 Å². The second kappa shape index (κ2) is 7.64. The molecule has 2 N–H and O–H groups in total. The van der Waals surface area contributed by atoms with Crippen LogP contribution in [0.3, 0.4) is 0 Å². The number of nitrogens with zero attached hydrogens (tertiary/aromatic N) is 2. The summed E-state index contributed by atoms with van der Waals surface area (Å²) in [6.07, 6.45) is 2.95. The maximum Gasteiger partial charge on any atom is 0.296 e. The molecule has 0 aliphatic carbocycles. The summed E-state index contributed by atoms with van der Waals surface area (Å²) in [5, 5.41) is 7.62. The third-order valence-electron chi connectivity index (χ3n) is 5.18. The minimum Gasteiger partial charge on any atom is -0.486 e. The average molecular weight is 416 g/mol. The van der Waals surface area contributed by atoms with Crippen molar-refractivity contribution in [3.8, 4) is 11.5 Å². The van der Waals surface area contributed by atoms with E-state index in [0.717, 1.165) is 16.7 Å². The van der Waals surface area contributed by atoms with E-state index < -0.39 is 11.7 Å². The molecule has 4 aromatic rings. The molecule has 31 heavy (non-hydrogen) atoms. The van der Waals surface area contributed by atoms with Crippen LogP contribution in [0.2, 0.25) is 0 Å². The quantitative estimate of drug-likeness (QED) is 0.384. The van der Waals surface area contributed by atoms with Crippen molar-refractivity contribution < 1.29 is 19.1 Å². The zero-order valence-corrected chi connectivity index (χ0v) is 16.8. The highest BCUT2D eigenvalue weighted by atomic mass is 16.6. The molecule has 0 radical (unpaired) electrons. The molecule has 2 aromatic heterocycles. The normalized spacial score (nSPS) is 15.1. The Hall–Kier alpha value is -4.07. The number of hydrogen-bond donors (Lipinski definition) is 2. The Bertz CT molecular complexity index is 1290. The zero-order chi connectivity index (χ0) is 21.4. The van der Waals surface area contributed by atoms with Crippen LogP contribution in [0.15, 0.2) is 60.9 Å². The number of Topliss-reactive ketones (excluding diaryl/α,β-unsaturated/α-hetero) is 1. The molecule has 1 unspecified atom stereocenters. The number of carbonyl (C=O) groups excluding carboxylic acids is 2. The van der Waals surface area contributed by atoms with Gasteiger partial charge in [0.2, 0.25) is 0 Å². The highest BCUT2D eigenvalue weighted by molar-refractivity contribution is 6.48. The number of rotatable bonds is 5. The van der Waals surface area contributed by atoms with E-state index in [9.17, 15) is 9.59 Å². The largest absolute Gasteiger partial charge is 0.486 e. The van der Waals surface area contributed by atoms with Crippen LogP contribution < -0.4 is 14.8 Å². The first-order chi connectivity index (χ1) is 15.1. The van der Waals surface area contributed by atoms with Gasteiger partial charge >= 0.3 is 0 Å². The molecular weight excluding hydrogens is 396 g/mol. The predicted molar refractivity (Wildman–Crippen MR) is 115 cm³/mol. The molecule has 0 fully saturated rings. The van der Waals surface area contributed by atoms with E-state index in [2.05, 4.69) is 15.4 Å². The number of amides is 1. The Morgan fingerprint density at radius 3 is 2.81 bits per heavy atom. The molecule has 0 saturated heterocycles. The number of hydrogen-bond acceptors (Lipinski definition) is 5. The number of H-pyrrole nitrogens is 1. The molecule has 1 aliphatic rings. The number of anilines is 1. The molecule has 0 saturated carbocycles. The standard InChI is InChI=1S/C23H20N4O4/c1-14-21(17-6-2-3-7-18(17)25-14)22(28)23(29)26-15-10-24-27(11-15)12-16-13-30-19-8-4-5-9-20(19)31-16/h2-11,16,25H,12-13H2,1H3,(H,26,29). The summed E-state index contributed by atoms with van der Waals surface area (Å²) in [4.78, 5) is 28.5. The third-order valence-corrected chi connectivity index (χ3v) is 5.18. The van der Waals surface area contributed by atoms with Crippen LogP contribution >= 0.6 is 0 Å². The number of aryl methyl sites for hydroxylation is 1. The van der Waals surface area contributed by atoms with Gasteiger partial charge in [0.05, 0.1) is 24.0 Å². The van der Waals surface area contributed by atoms with Crippen molar-refractivity contribution in [1.29, 1.82) is 0 Å². The molecule has 3 heterocycles. The zero-order valence-electron chi connectivity index (χ0n) is 16.8. The Balaban J connectivity index is 1.26. The molecule has 0 bridgehead atoms. The van der Waals surface area contributed by atoms with Crippen LogP contribution in [0.5, 0.6) is 11.5 Å². The van der Waals surface area contributed by atoms with Gasteiger partial charge in [-0.15, -0.1) is 0 Å². The first-order valence-electron chi connectivity index (χ1n) is 9.92. The molecule has 5 rings (SSSR count). The Kier molecular flexibility index (Phi) is 4.66. The fraction of sp³-hybridized carbons (Fsp3) is 0.174. The molecule has 1 aliphatic heterocycles.